The third kappa shape index (κ3) is 5.71. The number of allylic oxidation sites excluding steroid dienone is 2. The highest BCUT2D eigenvalue weighted by Gasteiger charge is 2.21. The van der Waals surface area contributed by atoms with Crippen LogP contribution in [-0.4, -0.2) is 15.6 Å². The van der Waals surface area contributed by atoms with Crippen molar-refractivity contribution < 1.29 is 14.7 Å². The van der Waals surface area contributed by atoms with Gasteiger partial charge in [-0.05, 0) is 49.7 Å². The molecule has 1 atom stereocenters. The smallest absolute Gasteiger partial charge is 0.321 e. The Bertz CT molecular complexity index is 941. The third-order valence-corrected chi connectivity index (χ3v) is 4.78. The van der Waals surface area contributed by atoms with Crippen LogP contribution in [0.2, 0.25) is 0 Å². The summed E-state index contributed by atoms with van der Waals surface area (Å²) in [5, 5.41) is 26.3. The first-order valence-corrected chi connectivity index (χ1v) is 9.39. The van der Waals surface area contributed by atoms with Crippen molar-refractivity contribution in [3.05, 3.63) is 86.5 Å². The van der Waals surface area contributed by atoms with E-state index in [9.17, 15) is 20.2 Å². The van der Waals surface area contributed by atoms with E-state index in [1.54, 1.807) is 0 Å². The molecule has 1 aliphatic rings. The molecule has 0 heterocycles. The molecular weight excluding hydrogens is 374 g/mol. The van der Waals surface area contributed by atoms with E-state index in [2.05, 4.69) is 17.3 Å². The lowest BCUT2D eigenvalue weighted by Gasteiger charge is -2.11. The Morgan fingerprint density at radius 2 is 1.90 bits per heavy atom. The topological polar surface area (TPSA) is 108 Å². The molecule has 0 aromatic heterocycles. The van der Waals surface area contributed by atoms with Crippen molar-refractivity contribution in [2.24, 2.45) is 11.1 Å². The Balaban J connectivity index is 1.78. The van der Waals surface area contributed by atoms with E-state index < -0.39 is 15.5 Å². The maximum Gasteiger partial charge on any atom is 0.321 e. The molecule has 1 aliphatic carbocycles. The van der Waals surface area contributed by atoms with Gasteiger partial charge < -0.3 is 4.84 Å². The number of non-ortho nitro benzene ring substituents is 1. The van der Waals surface area contributed by atoms with Gasteiger partial charge in [-0.1, -0.05) is 47.6 Å². The van der Waals surface area contributed by atoms with E-state index in [1.807, 2.05) is 30.3 Å². The van der Waals surface area contributed by atoms with Gasteiger partial charge in [-0.2, -0.15) is 0 Å². The Kier molecular flexibility index (Phi) is 6.67. The zero-order valence-electron chi connectivity index (χ0n) is 15.8. The standard InChI is InChI=1S/C21H21N3O5/c25-23(26)19-12-13-21(20(15-19)24(27)28)29-22-18(14-17-8-4-5-9-17)11-10-16-6-2-1-3-7-16/h1-4,6-8,12-13,15,17H,5,9-11,14H2/b22-18-. The van der Waals surface area contributed by atoms with Gasteiger partial charge in [0.15, 0.2) is 0 Å². The Hall–Kier alpha value is -3.55. The SMILES string of the molecule is O=[N+]([O-])c1ccc(O/N=C(/CCc2ccccc2)CC2C=CCC2)c([N+](=O)[O-])c1. The van der Waals surface area contributed by atoms with Crippen LogP contribution < -0.4 is 4.84 Å². The number of hydrogen-bond donors (Lipinski definition) is 0. The van der Waals surface area contributed by atoms with Crippen LogP contribution >= 0.6 is 0 Å². The number of hydrogen-bond acceptors (Lipinski definition) is 6. The molecule has 0 saturated heterocycles. The second kappa shape index (κ2) is 9.59. The monoisotopic (exact) mass is 395 g/mol. The van der Waals surface area contributed by atoms with Crippen molar-refractivity contribution in [2.45, 2.75) is 32.1 Å². The number of nitro benzene ring substituents is 2. The molecule has 2 aromatic rings. The maximum atomic E-state index is 11.3. The van der Waals surface area contributed by atoms with Gasteiger partial charge in [-0.25, -0.2) is 0 Å². The molecule has 0 radical (unpaired) electrons. The van der Waals surface area contributed by atoms with Gasteiger partial charge in [-0.15, -0.1) is 0 Å². The minimum absolute atomic E-state index is 0.111. The van der Waals surface area contributed by atoms with Gasteiger partial charge in [0.2, 0.25) is 5.75 Å². The molecule has 0 saturated carbocycles. The van der Waals surface area contributed by atoms with Gasteiger partial charge in [-0.3, -0.25) is 20.2 Å². The normalized spacial score (nSPS) is 16.0. The minimum Gasteiger partial charge on any atom is -0.350 e. The highest BCUT2D eigenvalue weighted by molar-refractivity contribution is 5.84. The predicted octanol–water partition coefficient (Wildman–Crippen LogP) is 5.23. The summed E-state index contributed by atoms with van der Waals surface area (Å²) in [5.41, 5.74) is 1.13. The molecule has 0 amide bonds. The van der Waals surface area contributed by atoms with Crippen LogP contribution in [0.25, 0.3) is 0 Å². The number of nitro groups is 2. The van der Waals surface area contributed by atoms with Gasteiger partial charge >= 0.3 is 5.69 Å². The Morgan fingerprint density at radius 1 is 1.10 bits per heavy atom. The number of rotatable bonds is 9. The van der Waals surface area contributed by atoms with Crippen LogP contribution in [0.3, 0.4) is 0 Å². The minimum atomic E-state index is -0.707. The molecule has 8 nitrogen and oxygen atoms in total. The molecule has 0 aliphatic heterocycles. The fourth-order valence-electron chi connectivity index (χ4n) is 3.24. The number of oxime groups is 1. The van der Waals surface area contributed by atoms with Crippen molar-refractivity contribution >= 4 is 17.1 Å². The largest absolute Gasteiger partial charge is 0.350 e. The zero-order chi connectivity index (χ0) is 20.6. The molecule has 0 fully saturated rings. The molecule has 0 N–H and O–H groups in total. The summed E-state index contributed by atoms with van der Waals surface area (Å²) < 4.78 is 0. The van der Waals surface area contributed by atoms with Crippen LogP contribution in [-0.2, 0) is 6.42 Å². The van der Waals surface area contributed by atoms with Gasteiger partial charge in [0.25, 0.3) is 5.69 Å². The summed E-state index contributed by atoms with van der Waals surface area (Å²) >= 11 is 0. The third-order valence-electron chi connectivity index (χ3n) is 4.78. The molecule has 0 bridgehead atoms. The molecule has 3 rings (SSSR count). The van der Waals surface area contributed by atoms with Crippen molar-refractivity contribution in [3.63, 3.8) is 0 Å². The summed E-state index contributed by atoms with van der Waals surface area (Å²) in [4.78, 5) is 26.2. The van der Waals surface area contributed by atoms with E-state index in [-0.39, 0.29) is 11.4 Å². The zero-order valence-corrected chi connectivity index (χ0v) is 15.8. The fourth-order valence-corrected chi connectivity index (χ4v) is 3.24. The lowest BCUT2D eigenvalue weighted by atomic mass is 9.97. The number of benzene rings is 2. The molecule has 1 unspecified atom stereocenters. The molecular formula is C21H21N3O5. The van der Waals surface area contributed by atoms with Crippen LogP contribution in [0, 0.1) is 26.1 Å². The predicted molar refractivity (Wildman–Crippen MR) is 109 cm³/mol. The van der Waals surface area contributed by atoms with E-state index in [0.717, 1.165) is 31.0 Å². The van der Waals surface area contributed by atoms with Crippen molar-refractivity contribution in [3.8, 4) is 5.75 Å². The van der Waals surface area contributed by atoms with Crippen LogP contribution in [0.1, 0.15) is 31.2 Å². The summed E-state index contributed by atoms with van der Waals surface area (Å²) in [6.45, 7) is 0. The second-order valence-electron chi connectivity index (χ2n) is 6.87. The first-order valence-electron chi connectivity index (χ1n) is 9.39. The van der Waals surface area contributed by atoms with Crippen LogP contribution in [0.4, 0.5) is 11.4 Å². The van der Waals surface area contributed by atoms with Crippen molar-refractivity contribution in [1.82, 2.24) is 0 Å². The van der Waals surface area contributed by atoms with Gasteiger partial charge in [0.05, 0.1) is 21.6 Å². The second-order valence-corrected chi connectivity index (χ2v) is 6.87. The summed E-state index contributed by atoms with van der Waals surface area (Å²) in [5.74, 6) is 0.264. The lowest BCUT2D eigenvalue weighted by molar-refractivity contribution is -0.394. The van der Waals surface area contributed by atoms with Crippen LogP contribution in [0.5, 0.6) is 5.75 Å². The average molecular weight is 395 g/mol. The number of nitrogens with zero attached hydrogens (tertiary/aromatic N) is 3. The summed E-state index contributed by atoms with van der Waals surface area (Å²) in [7, 11) is 0. The maximum absolute atomic E-state index is 11.3. The van der Waals surface area contributed by atoms with Gasteiger partial charge in [0, 0.05) is 6.07 Å². The van der Waals surface area contributed by atoms with Gasteiger partial charge in [0.1, 0.15) is 0 Å². The highest BCUT2D eigenvalue weighted by atomic mass is 16.7. The average Bonchev–Trinajstić information content (AvgIpc) is 3.23. The summed E-state index contributed by atoms with van der Waals surface area (Å²) in [6, 6.07) is 13.2. The fraction of sp³-hybridized carbons (Fsp3) is 0.286. The molecule has 29 heavy (non-hydrogen) atoms. The Labute approximate surface area is 167 Å². The van der Waals surface area contributed by atoms with E-state index in [1.165, 1.54) is 17.7 Å². The summed E-state index contributed by atoms with van der Waals surface area (Å²) in [6.07, 6.45) is 8.53. The van der Waals surface area contributed by atoms with Crippen molar-refractivity contribution in [1.29, 1.82) is 0 Å². The quantitative estimate of drug-likeness (QED) is 0.250. The first-order chi connectivity index (χ1) is 14.0. The van der Waals surface area contributed by atoms with E-state index >= 15 is 0 Å². The highest BCUT2D eigenvalue weighted by Crippen LogP contribution is 2.31. The van der Waals surface area contributed by atoms with Crippen molar-refractivity contribution in [2.75, 3.05) is 0 Å². The number of aryl methyl sites for hydroxylation is 1. The van der Waals surface area contributed by atoms with E-state index in [4.69, 9.17) is 4.84 Å². The van der Waals surface area contributed by atoms with Crippen LogP contribution in [0.15, 0.2) is 65.8 Å². The molecule has 8 heteroatoms. The first kappa shape index (κ1) is 20.2. The molecule has 0 spiro atoms. The lowest BCUT2D eigenvalue weighted by Crippen LogP contribution is -2.09. The molecule has 2 aromatic carbocycles. The molecule has 150 valence electrons. The Morgan fingerprint density at radius 3 is 2.55 bits per heavy atom. The van der Waals surface area contributed by atoms with E-state index in [0.29, 0.717) is 18.8 Å².